The molecular formula is C23H28FNO5. The van der Waals surface area contributed by atoms with Crippen LogP contribution in [0.4, 0.5) is 4.39 Å². The molecule has 0 saturated carbocycles. The van der Waals surface area contributed by atoms with E-state index in [-0.39, 0.29) is 19.6 Å². The van der Waals surface area contributed by atoms with Crippen molar-refractivity contribution in [1.29, 1.82) is 5.26 Å². The van der Waals surface area contributed by atoms with E-state index in [1.807, 2.05) is 26.8 Å². The molecule has 0 heterocycles. The summed E-state index contributed by atoms with van der Waals surface area (Å²) in [5.41, 5.74) is 1.98. The molecule has 2 atom stereocenters. The smallest absolute Gasteiger partial charge is 0.333 e. The van der Waals surface area contributed by atoms with E-state index in [4.69, 9.17) is 24.6 Å². The van der Waals surface area contributed by atoms with Gasteiger partial charge in [0, 0.05) is 13.5 Å². The Morgan fingerprint density at radius 3 is 2.50 bits per heavy atom. The number of aryl methyl sites for hydroxylation is 1. The lowest BCUT2D eigenvalue weighted by molar-refractivity contribution is -0.148. The third-order valence-corrected chi connectivity index (χ3v) is 3.99. The molecular weight excluding hydrogens is 389 g/mol. The van der Waals surface area contributed by atoms with Crippen LogP contribution in [0.1, 0.15) is 30.5 Å². The van der Waals surface area contributed by atoms with Crippen LogP contribution < -0.4 is 9.47 Å². The fraction of sp³-hybridized carbons (Fsp3) is 0.391. The van der Waals surface area contributed by atoms with E-state index in [0.717, 1.165) is 5.56 Å². The van der Waals surface area contributed by atoms with E-state index in [1.165, 1.54) is 7.11 Å². The summed E-state index contributed by atoms with van der Waals surface area (Å²) in [6, 6.07) is 13.9. The first-order chi connectivity index (χ1) is 14.4. The van der Waals surface area contributed by atoms with Crippen LogP contribution in [0.3, 0.4) is 0 Å². The van der Waals surface area contributed by atoms with E-state index >= 15 is 0 Å². The number of carboxylic acids is 1. The number of rotatable bonds is 10. The van der Waals surface area contributed by atoms with E-state index in [2.05, 4.69) is 0 Å². The number of nitriles is 1. The molecule has 0 fully saturated rings. The zero-order valence-electron chi connectivity index (χ0n) is 17.7. The van der Waals surface area contributed by atoms with Gasteiger partial charge in [0.2, 0.25) is 0 Å². The first kappa shape index (κ1) is 24.9. The minimum Gasteiger partial charge on any atom is -0.490 e. The van der Waals surface area contributed by atoms with Crippen LogP contribution in [0.2, 0.25) is 0 Å². The van der Waals surface area contributed by atoms with E-state index in [0.29, 0.717) is 22.6 Å². The van der Waals surface area contributed by atoms with Crippen molar-refractivity contribution in [2.24, 2.45) is 0 Å². The highest BCUT2D eigenvalue weighted by Gasteiger charge is 2.17. The zero-order valence-corrected chi connectivity index (χ0v) is 17.7. The van der Waals surface area contributed by atoms with Crippen LogP contribution >= 0.6 is 0 Å². The number of methoxy groups -OCH3 is 1. The van der Waals surface area contributed by atoms with Crippen LogP contribution in [0.5, 0.6) is 11.5 Å². The van der Waals surface area contributed by atoms with Crippen LogP contribution in [-0.2, 0) is 16.0 Å². The summed E-state index contributed by atoms with van der Waals surface area (Å²) in [6.07, 6.45) is -2.18. The first-order valence-electron chi connectivity index (χ1n) is 9.68. The number of hydrogen-bond acceptors (Lipinski definition) is 5. The lowest BCUT2D eigenvalue weighted by atomic mass is 10.1. The van der Waals surface area contributed by atoms with E-state index in [1.54, 1.807) is 42.5 Å². The fourth-order valence-corrected chi connectivity index (χ4v) is 2.52. The average Bonchev–Trinajstić information content (AvgIpc) is 2.76. The number of aliphatic carboxylic acids is 1. The normalized spacial score (nSPS) is 12.0. The van der Waals surface area contributed by atoms with Crippen molar-refractivity contribution >= 4 is 5.97 Å². The highest BCUT2D eigenvalue weighted by atomic mass is 19.1. The van der Waals surface area contributed by atoms with Gasteiger partial charge in [0.15, 0.2) is 12.3 Å². The standard InChI is InChI=1S/C21H22FNO5.C2H6/c1-14-6-7-19(16(8-14)11-23)28-13-17(22)12-27-18-5-3-4-15(9-18)10-20(26-2)21(24)25;1-2/h3-9,17,20H,10,12-13H2,1-2H3,(H,24,25);1-2H3/t17-,20-;/m0./s1. The van der Waals surface area contributed by atoms with E-state index < -0.39 is 18.2 Å². The molecule has 0 saturated heterocycles. The molecule has 0 spiro atoms. The number of carbonyl (C=O) groups is 1. The van der Waals surface area contributed by atoms with Gasteiger partial charge in [0.1, 0.15) is 30.8 Å². The Kier molecular flexibility index (Phi) is 10.9. The number of hydrogen-bond donors (Lipinski definition) is 1. The van der Waals surface area contributed by atoms with Gasteiger partial charge in [-0.25, -0.2) is 9.18 Å². The van der Waals surface area contributed by atoms with Crippen molar-refractivity contribution < 1.29 is 28.5 Å². The van der Waals surface area contributed by atoms with Crippen molar-refractivity contribution in [3.63, 3.8) is 0 Å². The number of alkyl halides is 1. The third-order valence-electron chi connectivity index (χ3n) is 3.99. The lowest BCUT2D eigenvalue weighted by Crippen LogP contribution is -2.24. The molecule has 2 aromatic rings. The Bertz CT molecular complexity index is 850. The summed E-state index contributed by atoms with van der Waals surface area (Å²) >= 11 is 0. The molecule has 162 valence electrons. The molecule has 0 bridgehead atoms. The molecule has 2 rings (SSSR count). The van der Waals surface area contributed by atoms with Crippen molar-refractivity contribution in [3.8, 4) is 17.6 Å². The first-order valence-corrected chi connectivity index (χ1v) is 9.68. The second-order valence-electron chi connectivity index (χ2n) is 6.24. The van der Waals surface area contributed by atoms with Gasteiger partial charge in [-0.1, -0.05) is 32.0 Å². The number of ether oxygens (including phenoxy) is 3. The maximum atomic E-state index is 14.1. The number of benzene rings is 2. The zero-order chi connectivity index (χ0) is 22.5. The highest BCUT2D eigenvalue weighted by molar-refractivity contribution is 5.72. The van der Waals surface area contributed by atoms with Crippen molar-refractivity contribution in [2.45, 2.75) is 39.5 Å². The quantitative estimate of drug-likeness (QED) is 0.619. The van der Waals surface area contributed by atoms with Gasteiger partial charge in [-0.15, -0.1) is 0 Å². The van der Waals surface area contributed by atoms with Crippen LogP contribution in [0.25, 0.3) is 0 Å². The Labute approximate surface area is 176 Å². The summed E-state index contributed by atoms with van der Waals surface area (Å²) in [7, 11) is 1.33. The predicted molar refractivity (Wildman–Crippen MR) is 112 cm³/mol. The molecule has 30 heavy (non-hydrogen) atoms. The molecule has 1 N–H and O–H groups in total. The molecule has 0 aliphatic rings. The molecule has 0 aromatic heterocycles. The van der Waals surface area contributed by atoms with Crippen LogP contribution in [-0.4, -0.2) is 43.7 Å². The molecule has 0 radical (unpaired) electrons. The van der Waals surface area contributed by atoms with E-state index in [9.17, 15) is 9.18 Å². The van der Waals surface area contributed by atoms with Gasteiger partial charge < -0.3 is 19.3 Å². The van der Waals surface area contributed by atoms with Gasteiger partial charge in [0.25, 0.3) is 0 Å². The largest absolute Gasteiger partial charge is 0.490 e. The Balaban J connectivity index is 0.00000218. The summed E-state index contributed by atoms with van der Waals surface area (Å²) in [4.78, 5) is 11.0. The summed E-state index contributed by atoms with van der Waals surface area (Å²) in [5.74, 6) is -0.298. The summed E-state index contributed by atoms with van der Waals surface area (Å²) < 4.78 is 29.9. The Hall–Kier alpha value is -3.11. The lowest BCUT2D eigenvalue weighted by Gasteiger charge is -2.14. The second kappa shape index (κ2) is 13.2. The Morgan fingerprint density at radius 2 is 1.87 bits per heavy atom. The van der Waals surface area contributed by atoms with Crippen LogP contribution in [0, 0.1) is 18.3 Å². The molecule has 2 aromatic carbocycles. The SMILES string of the molecule is CC.CO[C@@H](Cc1cccc(OC[C@H](F)COc2ccc(C)cc2C#N)c1)C(=O)O. The van der Waals surface area contributed by atoms with Crippen molar-refractivity contribution in [2.75, 3.05) is 20.3 Å². The molecule has 0 unspecified atom stereocenters. The number of carboxylic acid groups (broad SMARTS) is 1. The minimum absolute atomic E-state index is 0.176. The maximum absolute atomic E-state index is 14.1. The monoisotopic (exact) mass is 417 g/mol. The predicted octanol–water partition coefficient (Wildman–Crippen LogP) is 4.33. The molecule has 6 nitrogen and oxygen atoms in total. The molecule has 7 heteroatoms. The van der Waals surface area contributed by atoms with Crippen LogP contribution in [0.15, 0.2) is 42.5 Å². The minimum atomic E-state index is -1.40. The summed E-state index contributed by atoms with van der Waals surface area (Å²) in [6.45, 7) is 5.38. The molecule has 0 aliphatic carbocycles. The number of halogens is 1. The average molecular weight is 417 g/mol. The fourth-order valence-electron chi connectivity index (χ4n) is 2.52. The number of nitrogens with zero attached hydrogens (tertiary/aromatic N) is 1. The van der Waals surface area contributed by atoms with Gasteiger partial charge >= 0.3 is 5.97 Å². The maximum Gasteiger partial charge on any atom is 0.333 e. The topological polar surface area (TPSA) is 88.8 Å². The second-order valence-corrected chi connectivity index (χ2v) is 6.24. The molecule has 0 aliphatic heterocycles. The van der Waals surface area contributed by atoms with Gasteiger partial charge in [-0.3, -0.25) is 0 Å². The Morgan fingerprint density at radius 1 is 1.17 bits per heavy atom. The highest BCUT2D eigenvalue weighted by Crippen LogP contribution is 2.20. The van der Waals surface area contributed by atoms with Crippen molar-refractivity contribution in [3.05, 3.63) is 59.2 Å². The van der Waals surface area contributed by atoms with Gasteiger partial charge in [-0.05, 0) is 42.3 Å². The third kappa shape index (κ3) is 8.10. The van der Waals surface area contributed by atoms with Crippen molar-refractivity contribution in [1.82, 2.24) is 0 Å². The summed E-state index contributed by atoms with van der Waals surface area (Å²) in [5, 5.41) is 18.2. The molecule has 0 amide bonds. The van der Waals surface area contributed by atoms with Gasteiger partial charge in [0.05, 0.1) is 5.56 Å². The van der Waals surface area contributed by atoms with Gasteiger partial charge in [-0.2, -0.15) is 5.26 Å².